The van der Waals surface area contributed by atoms with E-state index in [0.29, 0.717) is 34.7 Å². The van der Waals surface area contributed by atoms with E-state index in [9.17, 15) is 14.7 Å². The lowest BCUT2D eigenvalue weighted by molar-refractivity contribution is -0.117. The molecular weight excluding hydrogens is 300 g/mol. The predicted molar refractivity (Wildman–Crippen MR) is 77.8 cm³/mol. The number of pyridine rings is 1. The molecule has 1 amide bonds. The van der Waals surface area contributed by atoms with Crippen molar-refractivity contribution in [3.63, 3.8) is 0 Å². The molecule has 1 aliphatic heterocycles. The molecule has 104 valence electrons. The lowest BCUT2D eigenvalue weighted by Crippen LogP contribution is -2.26. The largest absolute Gasteiger partial charge is 0.477 e. The van der Waals surface area contributed by atoms with E-state index in [4.69, 9.17) is 11.6 Å². The summed E-state index contributed by atoms with van der Waals surface area (Å²) in [5.41, 5.74) is 0.461. The number of carboxylic acid groups (broad SMARTS) is 1. The van der Waals surface area contributed by atoms with Crippen LogP contribution in [0.2, 0.25) is 0 Å². The van der Waals surface area contributed by atoms with E-state index in [1.54, 1.807) is 18.3 Å². The molecule has 0 radical (unpaired) electrons. The molecule has 0 bridgehead atoms. The van der Waals surface area contributed by atoms with Crippen molar-refractivity contribution >= 4 is 50.7 Å². The van der Waals surface area contributed by atoms with Gasteiger partial charge in [0.05, 0.1) is 5.69 Å². The highest BCUT2D eigenvalue weighted by Crippen LogP contribution is 2.39. The molecule has 3 heterocycles. The van der Waals surface area contributed by atoms with Gasteiger partial charge in [0.1, 0.15) is 9.71 Å². The Morgan fingerprint density at radius 2 is 2.40 bits per heavy atom. The predicted octanol–water partition coefficient (Wildman–Crippen LogP) is 2.59. The molecule has 0 saturated carbocycles. The van der Waals surface area contributed by atoms with Crippen molar-refractivity contribution in [2.45, 2.75) is 6.42 Å². The smallest absolute Gasteiger partial charge is 0.348 e. The van der Waals surface area contributed by atoms with Crippen LogP contribution in [0.1, 0.15) is 16.1 Å². The number of carbonyl (C=O) groups excluding carboxylic acids is 1. The van der Waals surface area contributed by atoms with Crippen LogP contribution in [0.5, 0.6) is 0 Å². The summed E-state index contributed by atoms with van der Waals surface area (Å²) in [5.74, 6) is -0.658. The number of hydrogen-bond donors (Lipinski definition) is 1. The van der Waals surface area contributed by atoms with Crippen molar-refractivity contribution in [3.8, 4) is 0 Å². The molecule has 2 aromatic rings. The van der Waals surface area contributed by atoms with Gasteiger partial charge in [0.25, 0.3) is 0 Å². The summed E-state index contributed by atoms with van der Waals surface area (Å²) in [5, 5.41) is 10.1. The number of aromatic nitrogens is 1. The Balaban J connectivity index is 2.17. The van der Waals surface area contributed by atoms with E-state index in [0.717, 1.165) is 11.3 Å². The van der Waals surface area contributed by atoms with Crippen LogP contribution in [-0.4, -0.2) is 34.4 Å². The van der Waals surface area contributed by atoms with Gasteiger partial charge in [0.2, 0.25) is 5.91 Å². The summed E-state index contributed by atoms with van der Waals surface area (Å²) in [6.07, 6.45) is 1.97. The minimum atomic E-state index is -1.04. The molecule has 1 atom stereocenters. The van der Waals surface area contributed by atoms with E-state index in [1.165, 1.54) is 4.90 Å². The Bertz CT molecular complexity index is 700. The molecule has 0 aliphatic carbocycles. The first kappa shape index (κ1) is 13.3. The molecule has 7 heteroatoms. The Morgan fingerprint density at radius 1 is 1.60 bits per heavy atom. The lowest BCUT2D eigenvalue weighted by Gasteiger charge is -2.16. The minimum Gasteiger partial charge on any atom is -0.477 e. The third-order valence-electron chi connectivity index (χ3n) is 3.33. The Kier molecular flexibility index (Phi) is 3.35. The quantitative estimate of drug-likeness (QED) is 0.885. The van der Waals surface area contributed by atoms with Crippen molar-refractivity contribution < 1.29 is 14.7 Å². The molecule has 3 rings (SSSR count). The number of anilines is 1. The Morgan fingerprint density at radius 3 is 3.05 bits per heavy atom. The van der Waals surface area contributed by atoms with Crippen molar-refractivity contribution in [2.75, 3.05) is 17.3 Å². The molecule has 1 saturated heterocycles. The number of amides is 1. The van der Waals surface area contributed by atoms with E-state index >= 15 is 0 Å². The first-order valence-corrected chi connectivity index (χ1v) is 7.44. The SMILES string of the molecule is O=C(O)c1sc2ncccc2c1N1CC(CCl)CC1=O. The van der Waals surface area contributed by atoms with E-state index in [1.807, 2.05) is 0 Å². The number of nitrogens with zero attached hydrogens (tertiary/aromatic N) is 2. The number of thiophene rings is 1. The van der Waals surface area contributed by atoms with Gasteiger partial charge in [0, 0.05) is 30.4 Å². The number of aromatic carboxylic acids is 1. The molecule has 1 unspecified atom stereocenters. The maximum absolute atomic E-state index is 12.1. The van der Waals surface area contributed by atoms with Gasteiger partial charge in [-0.15, -0.1) is 22.9 Å². The molecule has 2 aromatic heterocycles. The van der Waals surface area contributed by atoms with Crippen LogP contribution in [0.4, 0.5) is 5.69 Å². The Labute approximate surface area is 123 Å². The average molecular weight is 311 g/mol. The van der Waals surface area contributed by atoms with Crippen LogP contribution in [0.3, 0.4) is 0 Å². The second-order valence-corrected chi connectivity index (χ2v) is 5.98. The molecule has 20 heavy (non-hydrogen) atoms. The summed E-state index contributed by atoms with van der Waals surface area (Å²) >= 11 is 6.91. The summed E-state index contributed by atoms with van der Waals surface area (Å²) in [6.45, 7) is 0.462. The minimum absolute atomic E-state index is 0.0671. The molecule has 0 spiro atoms. The number of fused-ring (bicyclic) bond motifs is 1. The van der Waals surface area contributed by atoms with Gasteiger partial charge < -0.3 is 10.0 Å². The monoisotopic (exact) mass is 310 g/mol. The number of halogens is 1. The molecule has 1 N–H and O–H groups in total. The van der Waals surface area contributed by atoms with Crippen molar-refractivity contribution in [3.05, 3.63) is 23.2 Å². The van der Waals surface area contributed by atoms with Crippen molar-refractivity contribution in [2.24, 2.45) is 5.92 Å². The summed E-state index contributed by atoms with van der Waals surface area (Å²) < 4.78 is 0. The first-order valence-electron chi connectivity index (χ1n) is 6.09. The van der Waals surface area contributed by atoms with Crippen LogP contribution < -0.4 is 4.90 Å². The van der Waals surface area contributed by atoms with Crippen LogP contribution in [0.25, 0.3) is 10.2 Å². The maximum Gasteiger partial charge on any atom is 0.348 e. The number of alkyl halides is 1. The standard InChI is InChI=1S/C13H11ClN2O3S/c14-5-7-4-9(17)16(6-7)10-8-2-1-3-15-12(8)20-11(10)13(18)19/h1-3,7H,4-6H2,(H,18,19). The fourth-order valence-electron chi connectivity index (χ4n) is 2.43. The van der Waals surface area contributed by atoms with E-state index in [2.05, 4.69) is 4.98 Å². The molecule has 0 aromatic carbocycles. The van der Waals surface area contributed by atoms with Crippen LogP contribution in [0.15, 0.2) is 18.3 Å². The topological polar surface area (TPSA) is 70.5 Å². The van der Waals surface area contributed by atoms with Gasteiger partial charge in [-0.25, -0.2) is 9.78 Å². The normalized spacial score (nSPS) is 18.9. The highest BCUT2D eigenvalue weighted by Gasteiger charge is 2.34. The lowest BCUT2D eigenvalue weighted by atomic mass is 10.1. The third-order valence-corrected chi connectivity index (χ3v) is 4.85. The van der Waals surface area contributed by atoms with Gasteiger partial charge in [-0.1, -0.05) is 0 Å². The van der Waals surface area contributed by atoms with Crippen molar-refractivity contribution in [1.29, 1.82) is 0 Å². The zero-order chi connectivity index (χ0) is 14.3. The fourth-order valence-corrected chi connectivity index (χ4v) is 3.63. The van der Waals surface area contributed by atoms with E-state index in [-0.39, 0.29) is 16.7 Å². The first-order chi connectivity index (χ1) is 9.61. The molecule has 1 aliphatic rings. The van der Waals surface area contributed by atoms with Crippen molar-refractivity contribution in [1.82, 2.24) is 4.98 Å². The van der Waals surface area contributed by atoms with Gasteiger partial charge in [-0.05, 0) is 18.1 Å². The van der Waals surface area contributed by atoms with Crippen LogP contribution >= 0.6 is 22.9 Å². The second kappa shape index (κ2) is 5.03. The summed E-state index contributed by atoms with van der Waals surface area (Å²) in [4.78, 5) is 30.0. The maximum atomic E-state index is 12.1. The fraction of sp³-hybridized carbons (Fsp3) is 0.308. The van der Waals surface area contributed by atoms with Gasteiger partial charge in [-0.3, -0.25) is 4.79 Å². The average Bonchev–Trinajstić information content (AvgIpc) is 2.98. The molecule has 1 fully saturated rings. The number of hydrogen-bond acceptors (Lipinski definition) is 4. The number of rotatable bonds is 3. The summed E-state index contributed by atoms with van der Waals surface area (Å²) in [6, 6.07) is 3.53. The zero-order valence-corrected chi connectivity index (χ0v) is 11.9. The molecule has 5 nitrogen and oxygen atoms in total. The number of carboxylic acids is 1. The summed E-state index contributed by atoms with van der Waals surface area (Å²) in [7, 11) is 0. The number of carbonyl (C=O) groups is 2. The Hall–Kier alpha value is -1.66. The zero-order valence-electron chi connectivity index (χ0n) is 10.4. The van der Waals surface area contributed by atoms with Gasteiger partial charge in [0.15, 0.2) is 0 Å². The van der Waals surface area contributed by atoms with Crippen LogP contribution in [-0.2, 0) is 4.79 Å². The highest BCUT2D eigenvalue weighted by atomic mass is 35.5. The van der Waals surface area contributed by atoms with Gasteiger partial charge in [-0.2, -0.15) is 0 Å². The molecular formula is C13H11ClN2O3S. The van der Waals surface area contributed by atoms with E-state index < -0.39 is 5.97 Å². The van der Waals surface area contributed by atoms with Crippen LogP contribution in [0, 0.1) is 5.92 Å². The second-order valence-electron chi connectivity index (χ2n) is 4.67. The van der Waals surface area contributed by atoms with Gasteiger partial charge >= 0.3 is 5.97 Å². The highest BCUT2D eigenvalue weighted by molar-refractivity contribution is 7.21. The third kappa shape index (κ3) is 2.05.